The molecule has 0 atom stereocenters. The summed E-state index contributed by atoms with van der Waals surface area (Å²) < 4.78 is 8.22. The summed E-state index contributed by atoms with van der Waals surface area (Å²) in [5.41, 5.74) is 4.67. The maximum Gasteiger partial charge on any atom is 0.335 e. The number of rotatable bonds is 10. The largest absolute Gasteiger partial charge is 0.487 e. The minimum absolute atomic E-state index is 0.231. The van der Waals surface area contributed by atoms with Gasteiger partial charge in [-0.05, 0) is 71.5 Å². The Kier molecular flexibility index (Phi) is 9.16. The number of nitrogens with zero attached hydrogens (tertiary/aromatic N) is 2. The van der Waals surface area contributed by atoms with Gasteiger partial charge < -0.3 is 14.4 Å². The first kappa shape index (κ1) is 27.8. The highest BCUT2D eigenvalue weighted by Crippen LogP contribution is 2.28. The van der Waals surface area contributed by atoms with Crippen LogP contribution < -0.4 is 4.74 Å². The second-order valence-electron chi connectivity index (χ2n) is 9.11. The van der Waals surface area contributed by atoms with E-state index in [9.17, 15) is 9.90 Å². The quantitative estimate of drug-likeness (QED) is 0.194. The second kappa shape index (κ2) is 12.5. The molecule has 4 rings (SSSR count). The highest BCUT2D eigenvalue weighted by Gasteiger charge is 2.16. The third-order valence-corrected chi connectivity index (χ3v) is 7.16. The molecule has 3 aromatic carbocycles. The van der Waals surface area contributed by atoms with Crippen LogP contribution in [0.3, 0.4) is 0 Å². The maximum atomic E-state index is 11.2. The topological polar surface area (TPSA) is 64.4 Å². The van der Waals surface area contributed by atoms with Crippen LogP contribution in [0.1, 0.15) is 58.2 Å². The molecule has 1 heterocycles. The smallest absolute Gasteiger partial charge is 0.335 e. The lowest BCUT2D eigenvalue weighted by atomic mass is 10.1. The number of benzene rings is 3. The van der Waals surface area contributed by atoms with Crippen molar-refractivity contribution in [1.29, 1.82) is 0 Å². The molecule has 4 aromatic rings. The first-order chi connectivity index (χ1) is 18.2. The van der Waals surface area contributed by atoms with E-state index in [1.54, 1.807) is 24.3 Å². The lowest BCUT2D eigenvalue weighted by Crippen LogP contribution is -2.10. The molecule has 0 bridgehead atoms. The van der Waals surface area contributed by atoms with Crippen molar-refractivity contribution in [2.75, 3.05) is 0 Å². The van der Waals surface area contributed by atoms with Crippen molar-refractivity contribution < 1.29 is 14.6 Å². The summed E-state index contributed by atoms with van der Waals surface area (Å²) in [5, 5.41) is 11.0. The minimum Gasteiger partial charge on any atom is -0.487 e. The van der Waals surface area contributed by atoms with Crippen LogP contribution in [0.4, 0.5) is 0 Å². The van der Waals surface area contributed by atoms with Crippen molar-refractivity contribution in [3.63, 3.8) is 0 Å². The number of imidazole rings is 1. The van der Waals surface area contributed by atoms with Gasteiger partial charge in [0.1, 0.15) is 12.4 Å². The number of hydrogen-bond acceptors (Lipinski definition) is 3. The zero-order chi connectivity index (χ0) is 27.2. The van der Waals surface area contributed by atoms with Crippen LogP contribution in [0.15, 0.2) is 67.0 Å². The average molecular weight is 570 g/mol. The van der Waals surface area contributed by atoms with E-state index in [0.29, 0.717) is 40.4 Å². The molecule has 38 heavy (non-hydrogen) atoms. The highest BCUT2D eigenvalue weighted by atomic mass is 35.5. The number of halogens is 3. The first-order valence-electron chi connectivity index (χ1n) is 12.1. The normalized spacial score (nSPS) is 11.4. The minimum atomic E-state index is -0.964. The molecule has 0 aliphatic rings. The van der Waals surface area contributed by atoms with E-state index < -0.39 is 5.97 Å². The van der Waals surface area contributed by atoms with E-state index >= 15 is 0 Å². The van der Waals surface area contributed by atoms with Gasteiger partial charge in [-0.15, -0.1) is 0 Å². The predicted molar refractivity (Wildman–Crippen MR) is 155 cm³/mol. The monoisotopic (exact) mass is 568 g/mol. The molecule has 0 fully saturated rings. The third kappa shape index (κ3) is 6.79. The molecule has 0 saturated carbocycles. The molecule has 0 saturated heterocycles. The molecule has 0 unspecified atom stereocenters. The maximum absolute atomic E-state index is 11.2. The molecule has 0 aliphatic heterocycles. The zero-order valence-electron chi connectivity index (χ0n) is 21.0. The summed E-state index contributed by atoms with van der Waals surface area (Å²) in [6.07, 6.45) is 6.17. The van der Waals surface area contributed by atoms with Gasteiger partial charge in [-0.3, -0.25) is 0 Å². The Bertz CT molecular complexity index is 1460. The van der Waals surface area contributed by atoms with E-state index in [2.05, 4.69) is 23.4 Å². The lowest BCUT2D eigenvalue weighted by Gasteiger charge is -2.14. The van der Waals surface area contributed by atoms with Crippen LogP contribution in [0.5, 0.6) is 5.75 Å². The number of carboxylic acid groups (broad SMARTS) is 1. The van der Waals surface area contributed by atoms with Gasteiger partial charge >= 0.3 is 5.97 Å². The summed E-state index contributed by atoms with van der Waals surface area (Å²) in [5.74, 6) is -0.0967. The number of aromatic carboxylic acids is 1. The SMILES string of the molecule is CC(C)c1ncn(CCc2c(Cl)cccc2Cl)c1COc1ccc(/C=C/c2cccc(C(=O)O)c2)c(Cl)c1. The highest BCUT2D eigenvalue weighted by molar-refractivity contribution is 6.36. The first-order valence-corrected chi connectivity index (χ1v) is 13.3. The van der Waals surface area contributed by atoms with Crippen LogP contribution in [0.25, 0.3) is 12.2 Å². The van der Waals surface area contributed by atoms with E-state index in [1.807, 2.05) is 54.9 Å². The Hall–Kier alpha value is -3.25. The van der Waals surface area contributed by atoms with Crippen molar-refractivity contribution in [2.24, 2.45) is 0 Å². The number of aryl methyl sites for hydroxylation is 1. The Morgan fingerprint density at radius 1 is 1.00 bits per heavy atom. The summed E-state index contributed by atoms with van der Waals surface area (Å²) in [6.45, 7) is 5.20. The molecule has 8 heteroatoms. The van der Waals surface area contributed by atoms with Crippen molar-refractivity contribution >= 4 is 52.9 Å². The number of hydrogen-bond donors (Lipinski definition) is 1. The van der Waals surface area contributed by atoms with E-state index in [4.69, 9.17) is 39.5 Å². The molecule has 0 amide bonds. The number of carbonyl (C=O) groups is 1. The third-order valence-electron chi connectivity index (χ3n) is 6.13. The number of aromatic nitrogens is 2. The fourth-order valence-electron chi connectivity index (χ4n) is 4.10. The zero-order valence-corrected chi connectivity index (χ0v) is 23.3. The Balaban J connectivity index is 1.47. The van der Waals surface area contributed by atoms with Crippen LogP contribution >= 0.6 is 34.8 Å². The fraction of sp³-hybridized carbons (Fsp3) is 0.200. The van der Waals surface area contributed by atoms with Gasteiger partial charge in [0.15, 0.2) is 0 Å². The van der Waals surface area contributed by atoms with Crippen molar-refractivity contribution in [1.82, 2.24) is 9.55 Å². The van der Waals surface area contributed by atoms with E-state index in [1.165, 1.54) is 0 Å². The summed E-state index contributed by atoms with van der Waals surface area (Å²) >= 11 is 19.3. The summed E-state index contributed by atoms with van der Waals surface area (Å²) in [4.78, 5) is 15.8. The van der Waals surface area contributed by atoms with E-state index in [-0.39, 0.29) is 11.5 Å². The standard InChI is InChI=1S/C30H27Cl3N2O3/c1-19(2)29-28(35(18-34-29)14-13-24-25(31)7-4-8-26(24)32)17-38-23-12-11-21(27(33)16-23)10-9-20-5-3-6-22(15-20)30(36)37/h3-12,15-16,18-19H,13-14,17H2,1-2H3,(H,36,37)/b10-9+. The molecule has 0 spiro atoms. The second-order valence-corrected chi connectivity index (χ2v) is 10.3. The number of ether oxygens (including phenoxy) is 1. The molecular weight excluding hydrogens is 543 g/mol. The Morgan fingerprint density at radius 2 is 1.74 bits per heavy atom. The fourth-order valence-corrected chi connectivity index (χ4v) is 4.92. The summed E-state index contributed by atoms with van der Waals surface area (Å²) in [6, 6.07) is 17.7. The Morgan fingerprint density at radius 3 is 2.42 bits per heavy atom. The molecule has 1 N–H and O–H groups in total. The van der Waals surface area contributed by atoms with Crippen molar-refractivity contribution in [3.8, 4) is 5.75 Å². The Labute approximate surface area is 237 Å². The molecule has 1 aromatic heterocycles. The van der Waals surface area contributed by atoms with Gasteiger partial charge in [-0.1, -0.05) is 79.0 Å². The van der Waals surface area contributed by atoms with Gasteiger partial charge in [-0.25, -0.2) is 9.78 Å². The van der Waals surface area contributed by atoms with Gasteiger partial charge in [0.05, 0.1) is 28.3 Å². The molecule has 196 valence electrons. The molecular formula is C30H27Cl3N2O3. The van der Waals surface area contributed by atoms with Gasteiger partial charge in [0.25, 0.3) is 0 Å². The van der Waals surface area contributed by atoms with Gasteiger partial charge in [-0.2, -0.15) is 0 Å². The van der Waals surface area contributed by atoms with Crippen molar-refractivity contribution in [2.45, 2.75) is 39.3 Å². The van der Waals surface area contributed by atoms with Crippen LogP contribution in [0, 0.1) is 0 Å². The predicted octanol–water partition coefficient (Wildman–Crippen LogP) is 8.66. The molecule has 0 aliphatic carbocycles. The molecule has 0 radical (unpaired) electrons. The summed E-state index contributed by atoms with van der Waals surface area (Å²) in [7, 11) is 0. The number of carboxylic acids is 1. The van der Waals surface area contributed by atoms with E-state index in [0.717, 1.165) is 28.1 Å². The van der Waals surface area contributed by atoms with Crippen molar-refractivity contribution in [3.05, 3.63) is 116 Å². The van der Waals surface area contributed by atoms with Gasteiger partial charge in [0, 0.05) is 16.6 Å². The van der Waals surface area contributed by atoms with Crippen LogP contribution in [0.2, 0.25) is 15.1 Å². The van der Waals surface area contributed by atoms with Gasteiger partial charge in [0.2, 0.25) is 0 Å². The van der Waals surface area contributed by atoms with Crippen LogP contribution in [-0.2, 0) is 19.6 Å². The molecule has 5 nitrogen and oxygen atoms in total. The van der Waals surface area contributed by atoms with Crippen LogP contribution in [-0.4, -0.2) is 20.6 Å². The average Bonchev–Trinajstić information content (AvgIpc) is 3.30. The lowest BCUT2D eigenvalue weighted by molar-refractivity contribution is 0.0697.